The molecule has 0 aliphatic rings. The van der Waals surface area contributed by atoms with Crippen LogP contribution in [-0.4, -0.2) is 10.9 Å². The lowest BCUT2D eigenvalue weighted by Gasteiger charge is -2.05. The number of aromatic nitrogens is 1. The second kappa shape index (κ2) is 7.82. The average Bonchev–Trinajstić information content (AvgIpc) is 2.34. The summed E-state index contributed by atoms with van der Waals surface area (Å²) in [6.07, 6.45) is 10.0. The first-order chi connectivity index (χ1) is 8.25. The number of amides is 1. The first kappa shape index (κ1) is 13.7. The molecular formula is C14H22N2O. The maximum Gasteiger partial charge on any atom is 0.267 e. The summed E-state index contributed by atoms with van der Waals surface area (Å²) in [7, 11) is 0. The molecule has 0 bridgehead atoms. The molecule has 1 heterocycles. The lowest BCUT2D eigenvalue weighted by Crippen LogP contribution is -2.15. The van der Waals surface area contributed by atoms with Crippen molar-refractivity contribution in [3.05, 3.63) is 29.6 Å². The van der Waals surface area contributed by atoms with Crippen LogP contribution in [0.4, 0.5) is 0 Å². The Kier molecular flexibility index (Phi) is 6.30. The fourth-order valence-corrected chi connectivity index (χ4v) is 1.96. The molecule has 94 valence electrons. The van der Waals surface area contributed by atoms with E-state index in [-0.39, 0.29) is 0 Å². The summed E-state index contributed by atoms with van der Waals surface area (Å²) in [6.45, 7) is 2.22. The third kappa shape index (κ3) is 4.98. The zero-order valence-electron chi connectivity index (χ0n) is 10.6. The van der Waals surface area contributed by atoms with Gasteiger partial charge >= 0.3 is 0 Å². The fourth-order valence-electron chi connectivity index (χ4n) is 1.96. The topological polar surface area (TPSA) is 56.0 Å². The number of unbranched alkanes of at least 4 members (excludes halogenated alkanes) is 5. The highest BCUT2D eigenvalue weighted by Crippen LogP contribution is 2.12. The molecule has 0 saturated carbocycles. The third-order valence-corrected chi connectivity index (χ3v) is 2.92. The summed E-state index contributed by atoms with van der Waals surface area (Å²) in [4.78, 5) is 15.2. The first-order valence-corrected chi connectivity index (χ1v) is 6.49. The van der Waals surface area contributed by atoms with E-state index in [0.717, 1.165) is 18.4 Å². The summed E-state index contributed by atoms with van der Waals surface area (Å²) in [6, 6.07) is 3.80. The average molecular weight is 234 g/mol. The van der Waals surface area contributed by atoms with Crippen molar-refractivity contribution >= 4 is 5.91 Å². The number of hydrogen-bond acceptors (Lipinski definition) is 2. The Morgan fingerprint density at radius 3 is 2.65 bits per heavy atom. The van der Waals surface area contributed by atoms with Crippen LogP contribution in [0, 0.1) is 0 Å². The van der Waals surface area contributed by atoms with Gasteiger partial charge in [-0.1, -0.05) is 45.1 Å². The molecule has 0 aliphatic heterocycles. The van der Waals surface area contributed by atoms with Crippen molar-refractivity contribution in [2.45, 2.75) is 51.9 Å². The summed E-state index contributed by atoms with van der Waals surface area (Å²) >= 11 is 0. The SMILES string of the molecule is CCCCCCCCc1cccnc1C(N)=O. The van der Waals surface area contributed by atoms with Crippen LogP contribution in [0.25, 0.3) is 0 Å². The number of carbonyl (C=O) groups is 1. The fraction of sp³-hybridized carbons (Fsp3) is 0.571. The molecule has 0 aliphatic carbocycles. The van der Waals surface area contributed by atoms with Crippen molar-refractivity contribution in [2.75, 3.05) is 0 Å². The molecule has 0 radical (unpaired) electrons. The summed E-state index contributed by atoms with van der Waals surface area (Å²) < 4.78 is 0. The molecule has 17 heavy (non-hydrogen) atoms. The summed E-state index contributed by atoms with van der Waals surface area (Å²) in [5.41, 5.74) is 6.70. The number of hydrogen-bond donors (Lipinski definition) is 1. The van der Waals surface area contributed by atoms with Crippen LogP contribution in [0.2, 0.25) is 0 Å². The van der Waals surface area contributed by atoms with E-state index in [0.29, 0.717) is 5.69 Å². The lowest BCUT2D eigenvalue weighted by atomic mass is 10.0. The number of rotatable bonds is 8. The number of nitrogens with zero attached hydrogens (tertiary/aromatic N) is 1. The maximum absolute atomic E-state index is 11.2. The highest BCUT2D eigenvalue weighted by molar-refractivity contribution is 5.92. The van der Waals surface area contributed by atoms with Gasteiger partial charge in [0, 0.05) is 6.20 Å². The molecule has 1 aromatic heterocycles. The predicted molar refractivity (Wildman–Crippen MR) is 69.8 cm³/mol. The highest BCUT2D eigenvalue weighted by atomic mass is 16.1. The highest BCUT2D eigenvalue weighted by Gasteiger charge is 2.07. The van der Waals surface area contributed by atoms with Gasteiger partial charge in [0.25, 0.3) is 5.91 Å². The van der Waals surface area contributed by atoms with Crippen LogP contribution in [0.1, 0.15) is 61.5 Å². The van der Waals surface area contributed by atoms with Crippen LogP contribution in [0.5, 0.6) is 0 Å². The first-order valence-electron chi connectivity index (χ1n) is 6.49. The second-order valence-electron chi connectivity index (χ2n) is 4.39. The normalized spacial score (nSPS) is 10.4. The van der Waals surface area contributed by atoms with E-state index in [1.807, 2.05) is 12.1 Å². The van der Waals surface area contributed by atoms with E-state index >= 15 is 0 Å². The predicted octanol–water partition coefficient (Wildman–Crippen LogP) is 3.08. The van der Waals surface area contributed by atoms with Gasteiger partial charge in [-0.25, -0.2) is 0 Å². The molecule has 2 N–H and O–H groups in total. The van der Waals surface area contributed by atoms with Gasteiger partial charge in [0.2, 0.25) is 0 Å². The van der Waals surface area contributed by atoms with Gasteiger partial charge in [0.05, 0.1) is 0 Å². The Bertz CT molecular complexity index is 350. The van der Waals surface area contributed by atoms with E-state index in [1.54, 1.807) is 6.20 Å². The minimum Gasteiger partial charge on any atom is -0.364 e. The van der Waals surface area contributed by atoms with E-state index < -0.39 is 5.91 Å². The molecule has 1 amide bonds. The Labute approximate surface area is 103 Å². The van der Waals surface area contributed by atoms with E-state index in [2.05, 4.69) is 11.9 Å². The molecule has 3 nitrogen and oxygen atoms in total. The van der Waals surface area contributed by atoms with Gasteiger partial charge in [-0.05, 0) is 24.5 Å². The van der Waals surface area contributed by atoms with Gasteiger partial charge < -0.3 is 5.73 Å². The number of nitrogens with two attached hydrogens (primary N) is 1. The summed E-state index contributed by atoms with van der Waals surface area (Å²) in [5.74, 6) is -0.424. The Morgan fingerprint density at radius 1 is 1.24 bits per heavy atom. The molecule has 0 fully saturated rings. The van der Waals surface area contributed by atoms with Crippen LogP contribution < -0.4 is 5.73 Å². The molecule has 0 unspecified atom stereocenters. The van der Waals surface area contributed by atoms with Crippen molar-refractivity contribution in [1.29, 1.82) is 0 Å². The molecule has 1 rings (SSSR count). The number of aryl methyl sites for hydroxylation is 1. The molecule has 0 aromatic carbocycles. The van der Waals surface area contributed by atoms with Crippen molar-refractivity contribution in [2.24, 2.45) is 5.73 Å². The van der Waals surface area contributed by atoms with Crippen molar-refractivity contribution in [3.63, 3.8) is 0 Å². The van der Waals surface area contributed by atoms with Crippen molar-refractivity contribution < 1.29 is 4.79 Å². The van der Waals surface area contributed by atoms with Gasteiger partial charge in [0.1, 0.15) is 5.69 Å². The Balaban J connectivity index is 2.34. The van der Waals surface area contributed by atoms with Gasteiger partial charge in [-0.3, -0.25) is 9.78 Å². The van der Waals surface area contributed by atoms with Crippen molar-refractivity contribution in [1.82, 2.24) is 4.98 Å². The smallest absolute Gasteiger partial charge is 0.267 e. The molecule has 0 atom stereocenters. The van der Waals surface area contributed by atoms with Crippen LogP contribution >= 0.6 is 0 Å². The van der Waals surface area contributed by atoms with Crippen LogP contribution in [0.3, 0.4) is 0 Å². The zero-order valence-corrected chi connectivity index (χ0v) is 10.6. The molecule has 0 spiro atoms. The van der Waals surface area contributed by atoms with Crippen molar-refractivity contribution in [3.8, 4) is 0 Å². The quantitative estimate of drug-likeness (QED) is 0.703. The van der Waals surface area contributed by atoms with E-state index in [4.69, 9.17) is 5.73 Å². The third-order valence-electron chi connectivity index (χ3n) is 2.92. The van der Waals surface area contributed by atoms with E-state index in [9.17, 15) is 4.79 Å². The standard InChI is InChI=1S/C14H22N2O/c1-2-3-4-5-6-7-9-12-10-8-11-16-13(12)14(15)17/h8,10-11H,2-7,9H2,1H3,(H2,15,17). The van der Waals surface area contributed by atoms with Gasteiger partial charge in [-0.15, -0.1) is 0 Å². The molecular weight excluding hydrogens is 212 g/mol. The second-order valence-corrected chi connectivity index (χ2v) is 4.39. The van der Waals surface area contributed by atoms with Crippen LogP contribution in [-0.2, 0) is 6.42 Å². The van der Waals surface area contributed by atoms with Gasteiger partial charge in [0.15, 0.2) is 0 Å². The van der Waals surface area contributed by atoms with E-state index in [1.165, 1.54) is 32.1 Å². The van der Waals surface area contributed by atoms with Gasteiger partial charge in [-0.2, -0.15) is 0 Å². The minimum atomic E-state index is -0.424. The maximum atomic E-state index is 11.2. The number of primary amides is 1. The zero-order chi connectivity index (χ0) is 12.5. The number of carbonyl (C=O) groups excluding carboxylic acids is 1. The molecule has 1 aromatic rings. The molecule has 3 heteroatoms. The largest absolute Gasteiger partial charge is 0.364 e. The minimum absolute atomic E-state index is 0.424. The summed E-state index contributed by atoms with van der Waals surface area (Å²) in [5, 5.41) is 0. The monoisotopic (exact) mass is 234 g/mol. The lowest BCUT2D eigenvalue weighted by molar-refractivity contribution is 0.0994. The Morgan fingerprint density at radius 2 is 1.94 bits per heavy atom. The van der Waals surface area contributed by atoms with Crippen LogP contribution in [0.15, 0.2) is 18.3 Å². The molecule has 0 saturated heterocycles. The Hall–Kier alpha value is -1.38. The number of pyridine rings is 1.